The van der Waals surface area contributed by atoms with Crippen molar-refractivity contribution in [2.75, 3.05) is 12.6 Å². The highest BCUT2D eigenvalue weighted by Crippen LogP contribution is 2.32. The summed E-state index contributed by atoms with van der Waals surface area (Å²) in [5.74, 6) is 0.750. The second kappa shape index (κ2) is 6.85. The number of nitrogens with zero attached hydrogens (tertiary/aromatic N) is 3. The Labute approximate surface area is 150 Å². The number of hydrogen-bond donors (Lipinski definition) is 1. The average Bonchev–Trinajstić information content (AvgIpc) is 3.11. The van der Waals surface area contributed by atoms with Gasteiger partial charge in [0, 0.05) is 11.3 Å². The van der Waals surface area contributed by atoms with Crippen molar-refractivity contribution in [2.24, 2.45) is 0 Å². The SMILES string of the molecule is COc1ccc(Cn2nnc3ccccc32)cc1-c1cccc(N[O-])c1. The molecule has 1 aromatic heterocycles. The molecular weight excluding hydrogens is 328 g/mol. The van der Waals surface area contributed by atoms with Crippen LogP contribution in [0.1, 0.15) is 5.56 Å². The molecule has 6 nitrogen and oxygen atoms in total. The smallest absolute Gasteiger partial charge is 0.126 e. The second-order valence-electron chi connectivity index (χ2n) is 5.95. The van der Waals surface area contributed by atoms with E-state index < -0.39 is 0 Å². The maximum absolute atomic E-state index is 11.0. The first-order valence-electron chi connectivity index (χ1n) is 8.22. The standard InChI is InChI=1S/C20H17N4O2/c1-26-20-10-9-14(11-17(20)15-5-4-6-16(12-15)22-25)13-24-19-8-3-2-7-18(19)21-23-24/h2-12,22H,13H2,1H3/q-1. The van der Waals surface area contributed by atoms with Crippen LogP contribution in [0.4, 0.5) is 5.69 Å². The van der Waals surface area contributed by atoms with Crippen LogP contribution in [0.25, 0.3) is 22.2 Å². The summed E-state index contributed by atoms with van der Waals surface area (Å²) in [4.78, 5) is 0. The quantitative estimate of drug-likeness (QED) is 0.552. The van der Waals surface area contributed by atoms with E-state index in [0.29, 0.717) is 12.2 Å². The van der Waals surface area contributed by atoms with Gasteiger partial charge in [-0.05, 0) is 47.5 Å². The third-order valence-corrected chi connectivity index (χ3v) is 4.31. The predicted molar refractivity (Wildman–Crippen MR) is 102 cm³/mol. The molecule has 130 valence electrons. The average molecular weight is 345 g/mol. The molecule has 4 rings (SSSR count). The van der Waals surface area contributed by atoms with Crippen LogP contribution in [0, 0.1) is 5.21 Å². The molecule has 26 heavy (non-hydrogen) atoms. The number of methoxy groups -OCH3 is 1. The summed E-state index contributed by atoms with van der Waals surface area (Å²) < 4.78 is 7.37. The Morgan fingerprint density at radius 3 is 2.77 bits per heavy atom. The van der Waals surface area contributed by atoms with Crippen molar-refractivity contribution in [1.29, 1.82) is 0 Å². The van der Waals surface area contributed by atoms with E-state index in [2.05, 4.69) is 16.4 Å². The van der Waals surface area contributed by atoms with Crippen LogP contribution in [0.15, 0.2) is 66.7 Å². The molecule has 1 N–H and O–H groups in total. The minimum atomic E-state index is 0.511. The molecule has 0 amide bonds. The highest BCUT2D eigenvalue weighted by Gasteiger charge is 2.10. The molecule has 4 aromatic rings. The number of benzene rings is 3. The summed E-state index contributed by atoms with van der Waals surface area (Å²) in [5, 5.41) is 19.4. The minimum absolute atomic E-state index is 0.511. The van der Waals surface area contributed by atoms with Crippen LogP contribution in [0.3, 0.4) is 0 Å². The van der Waals surface area contributed by atoms with Crippen LogP contribution >= 0.6 is 0 Å². The number of ether oxygens (including phenoxy) is 1. The van der Waals surface area contributed by atoms with Gasteiger partial charge in [0.05, 0.1) is 19.2 Å². The third kappa shape index (κ3) is 2.98. The maximum Gasteiger partial charge on any atom is 0.126 e. The van der Waals surface area contributed by atoms with Gasteiger partial charge in [-0.3, -0.25) is 0 Å². The molecule has 0 radical (unpaired) electrons. The van der Waals surface area contributed by atoms with E-state index in [9.17, 15) is 5.21 Å². The lowest BCUT2D eigenvalue weighted by Crippen LogP contribution is -2.02. The fourth-order valence-corrected chi connectivity index (χ4v) is 3.04. The molecule has 0 spiro atoms. The van der Waals surface area contributed by atoms with E-state index in [1.54, 1.807) is 19.2 Å². The normalized spacial score (nSPS) is 10.8. The first-order chi connectivity index (χ1) is 12.8. The van der Waals surface area contributed by atoms with E-state index in [1.807, 2.05) is 58.7 Å². The number of hydrogen-bond acceptors (Lipinski definition) is 5. The van der Waals surface area contributed by atoms with Gasteiger partial charge in [-0.15, -0.1) is 5.10 Å². The van der Waals surface area contributed by atoms with Crippen LogP contribution in [-0.4, -0.2) is 22.1 Å². The highest BCUT2D eigenvalue weighted by molar-refractivity contribution is 5.75. The first-order valence-corrected chi connectivity index (χ1v) is 8.22. The van der Waals surface area contributed by atoms with Gasteiger partial charge in [0.1, 0.15) is 11.3 Å². The Kier molecular flexibility index (Phi) is 4.25. The molecule has 0 aliphatic carbocycles. The summed E-state index contributed by atoms with van der Waals surface area (Å²) in [7, 11) is 1.64. The minimum Gasteiger partial charge on any atom is -0.761 e. The zero-order valence-electron chi connectivity index (χ0n) is 14.2. The van der Waals surface area contributed by atoms with E-state index in [0.717, 1.165) is 33.5 Å². The van der Waals surface area contributed by atoms with Crippen molar-refractivity contribution in [2.45, 2.75) is 6.54 Å². The first kappa shape index (κ1) is 16.1. The van der Waals surface area contributed by atoms with Crippen molar-refractivity contribution in [3.05, 3.63) is 77.5 Å². The molecule has 0 aliphatic rings. The lowest BCUT2D eigenvalue weighted by atomic mass is 10.0. The van der Waals surface area contributed by atoms with Gasteiger partial charge in [-0.2, -0.15) is 0 Å². The van der Waals surface area contributed by atoms with Crippen molar-refractivity contribution >= 4 is 16.7 Å². The molecule has 0 aliphatic heterocycles. The van der Waals surface area contributed by atoms with Gasteiger partial charge in [-0.25, -0.2) is 4.68 Å². The van der Waals surface area contributed by atoms with Gasteiger partial charge < -0.3 is 15.4 Å². The Morgan fingerprint density at radius 1 is 1.04 bits per heavy atom. The van der Waals surface area contributed by atoms with E-state index >= 15 is 0 Å². The molecule has 0 saturated carbocycles. The van der Waals surface area contributed by atoms with Gasteiger partial charge in [0.2, 0.25) is 0 Å². The monoisotopic (exact) mass is 345 g/mol. The van der Waals surface area contributed by atoms with Gasteiger partial charge in [-0.1, -0.05) is 35.5 Å². The van der Waals surface area contributed by atoms with Gasteiger partial charge in [0.25, 0.3) is 0 Å². The zero-order valence-corrected chi connectivity index (χ0v) is 14.2. The molecule has 3 aromatic carbocycles. The lowest BCUT2D eigenvalue weighted by molar-refractivity contribution is 0.416. The topological polar surface area (TPSA) is 75.0 Å². The Balaban J connectivity index is 1.74. The van der Waals surface area contributed by atoms with Crippen LogP contribution in [0.2, 0.25) is 0 Å². The fraction of sp³-hybridized carbons (Fsp3) is 0.100. The molecular formula is C20H17N4O2-. The Bertz CT molecular complexity index is 1060. The third-order valence-electron chi connectivity index (χ3n) is 4.31. The summed E-state index contributed by atoms with van der Waals surface area (Å²) in [6.45, 7) is 0.594. The molecule has 1 heterocycles. The molecule has 0 unspecified atom stereocenters. The summed E-state index contributed by atoms with van der Waals surface area (Å²) >= 11 is 0. The van der Waals surface area contributed by atoms with Gasteiger partial charge in [0.15, 0.2) is 0 Å². The summed E-state index contributed by atoms with van der Waals surface area (Å²) in [6, 6.07) is 21.2. The van der Waals surface area contributed by atoms with Crippen molar-refractivity contribution in [1.82, 2.24) is 15.0 Å². The molecule has 6 heteroatoms. The number of anilines is 1. The van der Waals surface area contributed by atoms with Crippen molar-refractivity contribution in [3.8, 4) is 16.9 Å². The number of aromatic nitrogens is 3. The van der Waals surface area contributed by atoms with Gasteiger partial charge >= 0.3 is 0 Å². The largest absolute Gasteiger partial charge is 0.761 e. The number of nitrogens with one attached hydrogen (secondary N) is 1. The van der Waals surface area contributed by atoms with Crippen LogP contribution < -0.4 is 10.2 Å². The van der Waals surface area contributed by atoms with E-state index in [4.69, 9.17) is 4.74 Å². The summed E-state index contributed by atoms with van der Waals surface area (Å²) in [6.07, 6.45) is 0. The maximum atomic E-state index is 11.0. The molecule has 0 bridgehead atoms. The number of para-hydroxylation sites is 1. The molecule has 0 fully saturated rings. The number of rotatable bonds is 5. The number of fused-ring (bicyclic) bond motifs is 1. The zero-order chi connectivity index (χ0) is 17.9. The fourth-order valence-electron chi connectivity index (χ4n) is 3.04. The Morgan fingerprint density at radius 2 is 1.92 bits per heavy atom. The van der Waals surface area contributed by atoms with Crippen LogP contribution in [-0.2, 0) is 6.54 Å². The second-order valence-corrected chi connectivity index (χ2v) is 5.95. The van der Waals surface area contributed by atoms with Crippen molar-refractivity contribution < 1.29 is 4.74 Å². The van der Waals surface area contributed by atoms with Crippen molar-refractivity contribution in [3.63, 3.8) is 0 Å². The lowest BCUT2D eigenvalue weighted by Gasteiger charge is -2.14. The highest BCUT2D eigenvalue weighted by atomic mass is 16.5. The predicted octanol–water partition coefficient (Wildman–Crippen LogP) is 4.06. The molecule has 0 atom stereocenters. The molecule has 0 saturated heterocycles. The van der Waals surface area contributed by atoms with E-state index in [1.165, 1.54) is 0 Å². The van der Waals surface area contributed by atoms with Crippen LogP contribution in [0.5, 0.6) is 5.75 Å². The Hall–Kier alpha value is -3.38. The van der Waals surface area contributed by atoms with E-state index in [-0.39, 0.29) is 0 Å². The summed E-state index contributed by atoms with van der Waals surface area (Å²) in [5.41, 5.74) is 7.20.